The Labute approximate surface area is 174 Å². The second-order valence-electron chi connectivity index (χ2n) is 7.10. The summed E-state index contributed by atoms with van der Waals surface area (Å²) in [5.74, 6) is -0.385. The number of amides is 3. The Balaban J connectivity index is 1.54. The molecule has 1 heterocycles. The van der Waals surface area contributed by atoms with E-state index in [-0.39, 0.29) is 24.3 Å². The van der Waals surface area contributed by atoms with Gasteiger partial charge >= 0.3 is 0 Å². The fraction of sp³-hybridized carbons (Fsp3) is 0.125. The number of imide groups is 1. The van der Waals surface area contributed by atoms with Crippen LogP contribution in [-0.4, -0.2) is 29.7 Å². The largest absolute Gasteiger partial charge is 0.495 e. The lowest BCUT2D eigenvalue weighted by Crippen LogP contribution is -2.29. The highest BCUT2D eigenvalue weighted by molar-refractivity contribution is 6.21. The van der Waals surface area contributed by atoms with Crippen LogP contribution in [0.4, 0.5) is 5.69 Å². The first-order valence-electron chi connectivity index (χ1n) is 9.48. The number of anilines is 1. The Kier molecular flexibility index (Phi) is 5.06. The molecule has 1 N–H and O–H groups in total. The van der Waals surface area contributed by atoms with E-state index in [1.54, 1.807) is 61.7 Å². The van der Waals surface area contributed by atoms with Crippen LogP contribution < -0.4 is 10.1 Å². The maximum Gasteiger partial charge on any atom is 0.261 e. The third-order valence-electron chi connectivity index (χ3n) is 5.01. The SMILES string of the molecule is COc1ccc(C)cc1NC(=O)c1cccc(CN2C(=O)c3ccccc3C2=O)c1. The van der Waals surface area contributed by atoms with E-state index in [9.17, 15) is 14.4 Å². The zero-order chi connectivity index (χ0) is 21.3. The van der Waals surface area contributed by atoms with Crippen molar-refractivity contribution in [3.63, 3.8) is 0 Å². The second-order valence-corrected chi connectivity index (χ2v) is 7.10. The minimum absolute atomic E-state index is 0.0984. The number of fused-ring (bicyclic) bond motifs is 1. The van der Waals surface area contributed by atoms with Crippen molar-refractivity contribution in [3.8, 4) is 5.75 Å². The van der Waals surface area contributed by atoms with Gasteiger partial charge in [-0.2, -0.15) is 0 Å². The minimum Gasteiger partial charge on any atom is -0.495 e. The molecule has 0 radical (unpaired) electrons. The number of hydrogen-bond acceptors (Lipinski definition) is 4. The highest BCUT2D eigenvalue weighted by Crippen LogP contribution is 2.27. The number of carbonyl (C=O) groups excluding carboxylic acids is 3. The molecular formula is C24H20N2O4. The maximum atomic E-state index is 12.8. The van der Waals surface area contributed by atoms with Gasteiger partial charge in [0.25, 0.3) is 17.7 Å². The third kappa shape index (κ3) is 3.55. The average Bonchev–Trinajstić information content (AvgIpc) is 2.99. The predicted molar refractivity (Wildman–Crippen MR) is 113 cm³/mol. The number of nitrogens with zero attached hydrogens (tertiary/aromatic N) is 1. The molecule has 0 spiro atoms. The average molecular weight is 400 g/mol. The number of methoxy groups -OCH3 is 1. The van der Waals surface area contributed by atoms with E-state index >= 15 is 0 Å². The molecule has 0 unspecified atom stereocenters. The molecule has 0 saturated heterocycles. The normalized spacial score (nSPS) is 12.7. The van der Waals surface area contributed by atoms with Crippen LogP contribution in [0.25, 0.3) is 0 Å². The van der Waals surface area contributed by atoms with E-state index in [1.165, 1.54) is 4.90 Å². The Morgan fingerprint density at radius 1 is 0.933 bits per heavy atom. The Morgan fingerprint density at radius 3 is 2.30 bits per heavy atom. The summed E-state index contributed by atoms with van der Waals surface area (Å²) in [5, 5.41) is 2.86. The van der Waals surface area contributed by atoms with Gasteiger partial charge < -0.3 is 10.1 Å². The van der Waals surface area contributed by atoms with Crippen LogP contribution in [0.2, 0.25) is 0 Å². The highest BCUT2D eigenvalue weighted by Gasteiger charge is 2.35. The molecule has 6 nitrogen and oxygen atoms in total. The van der Waals surface area contributed by atoms with E-state index < -0.39 is 0 Å². The van der Waals surface area contributed by atoms with E-state index in [0.29, 0.717) is 33.7 Å². The minimum atomic E-state index is -0.324. The van der Waals surface area contributed by atoms with Crippen molar-refractivity contribution in [2.75, 3.05) is 12.4 Å². The van der Waals surface area contributed by atoms with Gasteiger partial charge in [0, 0.05) is 5.56 Å². The molecule has 0 fully saturated rings. The van der Waals surface area contributed by atoms with E-state index in [0.717, 1.165) is 5.56 Å². The molecule has 30 heavy (non-hydrogen) atoms. The predicted octanol–water partition coefficient (Wildman–Crippen LogP) is 4.05. The monoisotopic (exact) mass is 400 g/mol. The summed E-state index contributed by atoms with van der Waals surface area (Å²) in [6.07, 6.45) is 0. The number of nitrogens with one attached hydrogen (secondary N) is 1. The molecule has 6 heteroatoms. The molecule has 3 aromatic carbocycles. The molecule has 0 atom stereocenters. The van der Waals surface area contributed by atoms with Crippen molar-refractivity contribution in [1.29, 1.82) is 0 Å². The van der Waals surface area contributed by atoms with Gasteiger partial charge in [0.2, 0.25) is 0 Å². The number of aryl methyl sites for hydroxylation is 1. The highest BCUT2D eigenvalue weighted by atomic mass is 16.5. The fourth-order valence-electron chi connectivity index (χ4n) is 3.49. The van der Waals surface area contributed by atoms with Crippen LogP contribution in [0.5, 0.6) is 5.75 Å². The molecule has 150 valence electrons. The molecule has 0 bridgehead atoms. The standard InChI is InChI=1S/C24H20N2O4/c1-15-10-11-21(30-2)20(12-15)25-22(27)17-7-5-6-16(13-17)14-26-23(28)18-8-3-4-9-19(18)24(26)29/h3-13H,14H2,1-2H3,(H,25,27). The Hall–Kier alpha value is -3.93. The topological polar surface area (TPSA) is 75.7 Å². The van der Waals surface area contributed by atoms with E-state index in [1.807, 2.05) is 19.1 Å². The van der Waals surface area contributed by atoms with Crippen molar-refractivity contribution in [1.82, 2.24) is 4.90 Å². The smallest absolute Gasteiger partial charge is 0.261 e. The van der Waals surface area contributed by atoms with E-state index in [4.69, 9.17) is 4.74 Å². The van der Waals surface area contributed by atoms with Gasteiger partial charge in [-0.05, 0) is 54.4 Å². The van der Waals surface area contributed by atoms with E-state index in [2.05, 4.69) is 5.32 Å². The van der Waals surface area contributed by atoms with Gasteiger partial charge in [0.15, 0.2) is 0 Å². The second kappa shape index (κ2) is 7.83. The molecular weight excluding hydrogens is 380 g/mol. The number of carbonyl (C=O) groups is 3. The molecule has 0 saturated carbocycles. The van der Waals surface area contributed by atoms with Crippen molar-refractivity contribution < 1.29 is 19.1 Å². The van der Waals surface area contributed by atoms with Crippen LogP contribution in [0.1, 0.15) is 42.2 Å². The Bertz CT molecular complexity index is 1130. The van der Waals surface area contributed by atoms with Gasteiger partial charge in [-0.15, -0.1) is 0 Å². The molecule has 3 amide bonds. The summed E-state index contributed by atoms with van der Waals surface area (Å²) >= 11 is 0. The van der Waals surface area contributed by atoms with Gasteiger partial charge in [0.1, 0.15) is 5.75 Å². The molecule has 1 aliphatic heterocycles. The Morgan fingerprint density at radius 2 is 1.63 bits per heavy atom. The third-order valence-corrected chi connectivity index (χ3v) is 5.01. The summed E-state index contributed by atoms with van der Waals surface area (Å²) in [4.78, 5) is 39.1. The van der Waals surface area contributed by atoms with Gasteiger partial charge in [-0.25, -0.2) is 0 Å². The lowest BCUT2D eigenvalue weighted by atomic mass is 10.1. The summed E-state index contributed by atoms with van der Waals surface area (Å²) in [7, 11) is 1.54. The first kappa shape index (κ1) is 19.4. The van der Waals surface area contributed by atoms with Crippen LogP contribution in [0, 0.1) is 6.92 Å². The van der Waals surface area contributed by atoms with Crippen molar-refractivity contribution in [2.24, 2.45) is 0 Å². The fourth-order valence-corrected chi connectivity index (χ4v) is 3.49. The molecule has 3 aromatic rings. The molecule has 4 rings (SSSR count). The zero-order valence-corrected chi connectivity index (χ0v) is 16.6. The summed E-state index contributed by atoms with van der Waals surface area (Å²) in [6.45, 7) is 2.03. The maximum absolute atomic E-state index is 12.8. The van der Waals surface area contributed by atoms with Crippen molar-refractivity contribution in [3.05, 3.63) is 94.5 Å². The quantitative estimate of drug-likeness (QED) is 0.656. The molecule has 1 aliphatic rings. The van der Waals surface area contributed by atoms with Crippen molar-refractivity contribution in [2.45, 2.75) is 13.5 Å². The lowest BCUT2D eigenvalue weighted by Gasteiger charge is -2.15. The molecule has 0 aliphatic carbocycles. The first-order chi connectivity index (χ1) is 14.5. The van der Waals surface area contributed by atoms with Gasteiger partial charge in [-0.1, -0.05) is 30.3 Å². The van der Waals surface area contributed by atoms with Crippen molar-refractivity contribution >= 4 is 23.4 Å². The number of rotatable bonds is 5. The summed E-state index contributed by atoms with van der Waals surface area (Å²) in [5.41, 5.74) is 3.49. The summed E-state index contributed by atoms with van der Waals surface area (Å²) < 4.78 is 5.31. The molecule has 0 aromatic heterocycles. The number of benzene rings is 3. The zero-order valence-electron chi connectivity index (χ0n) is 16.6. The lowest BCUT2D eigenvalue weighted by molar-refractivity contribution is 0.0642. The number of ether oxygens (including phenoxy) is 1. The van der Waals surface area contributed by atoms with Gasteiger partial charge in [0.05, 0.1) is 30.5 Å². The van der Waals surface area contributed by atoms with Crippen LogP contribution in [-0.2, 0) is 6.54 Å². The van der Waals surface area contributed by atoms with Crippen LogP contribution >= 0.6 is 0 Å². The van der Waals surface area contributed by atoms with Crippen LogP contribution in [0.3, 0.4) is 0 Å². The van der Waals surface area contributed by atoms with Gasteiger partial charge in [-0.3, -0.25) is 19.3 Å². The first-order valence-corrected chi connectivity index (χ1v) is 9.48. The number of hydrogen-bond donors (Lipinski definition) is 1. The summed E-state index contributed by atoms with van der Waals surface area (Å²) in [6, 6.07) is 19.2. The van der Waals surface area contributed by atoms with Crippen LogP contribution in [0.15, 0.2) is 66.7 Å².